The predicted molar refractivity (Wildman–Crippen MR) is 82.4 cm³/mol. The molecule has 0 fully saturated rings. The Morgan fingerprint density at radius 3 is 1.30 bits per heavy atom. The smallest absolute Gasteiger partial charge is 0.481 e. The minimum absolute atomic E-state index is 0.344. The highest BCUT2D eigenvalue weighted by molar-refractivity contribution is 5.73. The molecule has 0 amide bonds. The van der Waals surface area contributed by atoms with Gasteiger partial charge < -0.3 is 10.2 Å². The van der Waals surface area contributed by atoms with Gasteiger partial charge in [-0.1, -0.05) is 71.1 Å². The zero-order valence-corrected chi connectivity index (χ0v) is 13.8. The van der Waals surface area contributed by atoms with E-state index in [1.807, 2.05) is 0 Å². The van der Waals surface area contributed by atoms with Crippen LogP contribution in [-0.4, -0.2) is 28.3 Å². The van der Waals surface area contributed by atoms with Crippen molar-refractivity contribution in [3.05, 3.63) is 0 Å². The molecule has 0 saturated heterocycles. The van der Waals surface area contributed by atoms with Gasteiger partial charge in [0.25, 0.3) is 0 Å². The standard InChI is InChI=1S/C14H28O2.C2HF3O2/c1-2-3-4-5-6-7-8-9-10-11-12-13-14(15)16;3-2(4,5)1(6)7/h2-13H2,1H3,(H,15,16);(H,6,7). The molecule has 0 aromatic rings. The summed E-state index contributed by atoms with van der Waals surface area (Å²) in [6.07, 6.45) is 9.28. The third kappa shape index (κ3) is 23.1. The normalized spacial score (nSPS) is 10.8. The van der Waals surface area contributed by atoms with Crippen molar-refractivity contribution in [2.45, 2.75) is 90.1 Å². The number of halogens is 3. The maximum absolute atomic E-state index is 10.6. The van der Waals surface area contributed by atoms with Crippen LogP contribution in [0.3, 0.4) is 0 Å². The molecule has 0 aliphatic carbocycles. The topological polar surface area (TPSA) is 74.6 Å². The van der Waals surface area contributed by atoms with Crippen LogP contribution in [0.5, 0.6) is 0 Å². The molecule has 7 heteroatoms. The first kappa shape index (κ1) is 24.0. The number of aliphatic carboxylic acids is 2. The van der Waals surface area contributed by atoms with E-state index in [9.17, 15) is 18.0 Å². The number of carboxylic acid groups (broad SMARTS) is 2. The number of hydrogen-bond donors (Lipinski definition) is 2. The highest BCUT2D eigenvalue weighted by Gasteiger charge is 2.38. The molecule has 0 heterocycles. The lowest BCUT2D eigenvalue weighted by molar-refractivity contribution is -0.192. The summed E-state index contributed by atoms with van der Waals surface area (Å²) in [4.78, 5) is 19.2. The third-order valence-electron chi connectivity index (χ3n) is 3.24. The lowest BCUT2D eigenvalue weighted by atomic mass is 10.1. The fourth-order valence-corrected chi connectivity index (χ4v) is 1.94. The van der Waals surface area contributed by atoms with E-state index in [0.717, 1.165) is 12.8 Å². The lowest BCUT2D eigenvalue weighted by Gasteiger charge is -2.01. The van der Waals surface area contributed by atoms with Crippen LogP contribution in [0.4, 0.5) is 13.2 Å². The lowest BCUT2D eigenvalue weighted by Crippen LogP contribution is -2.21. The Hall–Kier alpha value is -1.27. The average molecular weight is 342 g/mol. The quantitative estimate of drug-likeness (QED) is 0.465. The molecule has 0 radical (unpaired) electrons. The summed E-state index contributed by atoms with van der Waals surface area (Å²) in [6, 6.07) is 0. The van der Waals surface area contributed by atoms with Crippen LogP contribution < -0.4 is 0 Å². The minimum atomic E-state index is -5.08. The summed E-state index contributed by atoms with van der Waals surface area (Å²) in [5.74, 6) is -3.41. The van der Waals surface area contributed by atoms with Crippen molar-refractivity contribution in [2.75, 3.05) is 0 Å². The summed E-state index contributed by atoms with van der Waals surface area (Å²) in [7, 11) is 0. The first-order chi connectivity index (χ1) is 10.7. The Morgan fingerprint density at radius 2 is 1.04 bits per heavy atom. The van der Waals surface area contributed by atoms with Gasteiger partial charge in [0.1, 0.15) is 0 Å². The highest BCUT2D eigenvalue weighted by Crippen LogP contribution is 2.13. The second-order valence-corrected chi connectivity index (χ2v) is 5.48. The van der Waals surface area contributed by atoms with Gasteiger partial charge in [0.2, 0.25) is 0 Å². The predicted octanol–water partition coefficient (Wildman–Crippen LogP) is 5.41. The molecule has 4 nitrogen and oxygen atoms in total. The van der Waals surface area contributed by atoms with Crippen molar-refractivity contribution in [3.8, 4) is 0 Å². The molecule has 0 aromatic carbocycles. The van der Waals surface area contributed by atoms with Crippen molar-refractivity contribution < 1.29 is 33.0 Å². The molecule has 0 bridgehead atoms. The molecule has 23 heavy (non-hydrogen) atoms. The van der Waals surface area contributed by atoms with Crippen LogP contribution in [0, 0.1) is 0 Å². The molecule has 0 rings (SSSR count). The van der Waals surface area contributed by atoms with Crippen LogP contribution >= 0.6 is 0 Å². The van der Waals surface area contributed by atoms with E-state index in [1.54, 1.807) is 0 Å². The van der Waals surface area contributed by atoms with Crippen molar-refractivity contribution >= 4 is 11.9 Å². The Labute approximate surface area is 136 Å². The van der Waals surface area contributed by atoms with E-state index < -0.39 is 18.1 Å². The maximum atomic E-state index is 10.6. The Morgan fingerprint density at radius 1 is 0.739 bits per heavy atom. The molecule has 0 saturated carbocycles. The van der Waals surface area contributed by atoms with Crippen LogP contribution in [0.2, 0.25) is 0 Å². The summed E-state index contributed by atoms with van der Waals surface area (Å²) < 4.78 is 31.7. The highest BCUT2D eigenvalue weighted by atomic mass is 19.4. The molecule has 138 valence electrons. The second kappa shape index (κ2) is 15.6. The molecule has 0 aromatic heterocycles. The summed E-state index contributed by atoms with van der Waals surface area (Å²) in [6.45, 7) is 2.25. The van der Waals surface area contributed by atoms with Gasteiger partial charge in [-0.05, 0) is 6.42 Å². The largest absolute Gasteiger partial charge is 0.490 e. The average Bonchev–Trinajstić information content (AvgIpc) is 2.44. The van der Waals surface area contributed by atoms with Gasteiger partial charge in [0, 0.05) is 6.42 Å². The molecule has 0 aliphatic rings. The Bertz CT molecular complexity index is 304. The molecule has 0 spiro atoms. The van der Waals surface area contributed by atoms with E-state index in [4.69, 9.17) is 15.0 Å². The molecule has 2 N–H and O–H groups in total. The van der Waals surface area contributed by atoms with Crippen molar-refractivity contribution in [3.63, 3.8) is 0 Å². The minimum Gasteiger partial charge on any atom is -0.481 e. The van der Waals surface area contributed by atoms with Crippen LogP contribution in [0.1, 0.15) is 84.0 Å². The molecule has 0 aliphatic heterocycles. The number of hydrogen-bond acceptors (Lipinski definition) is 2. The molecular formula is C16H29F3O4. The van der Waals surface area contributed by atoms with Gasteiger partial charge in [-0.2, -0.15) is 13.2 Å². The number of unbranched alkanes of at least 4 members (excludes halogenated alkanes) is 10. The zero-order valence-electron chi connectivity index (χ0n) is 13.8. The first-order valence-electron chi connectivity index (χ1n) is 8.23. The first-order valence-corrected chi connectivity index (χ1v) is 8.23. The van der Waals surface area contributed by atoms with E-state index in [2.05, 4.69) is 6.92 Å². The molecule has 0 atom stereocenters. The van der Waals surface area contributed by atoms with Gasteiger partial charge in [-0.25, -0.2) is 4.79 Å². The van der Waals surface area contributed by atoms with Crippen LogP contribution in [0.25, 0.3) is 0 Å². The summed E-state index contributed by atoms with van der Waals surface area (Å²) in [5.41, 5.74) is 0. The van der Waals surface area contributed by atoms with Gasteiger partial charge in [0.15, 0.2) is 0 Å². The SMILES string of the molecule is CCCCCCCCCCCCCC(=O)O.O=C(O)C(F)(F)F. The van der Waals surface area contributed by atoms with Crippen LogP contribution in [-0.2, 0) is 9.59 Å². The Kier molecular flexibility index (Phi) is 16.3. The summed E-state index contributed by atoms with van der Waals surface area (Å²) in [5, 5.41) is 15.6. The fourth-order valence-electron chi connectivity index (χ4n) is 1.94. The van der Waals surface area contributed by atoms with Crippen molar-refractivity contribution in [1.29, 1.82) is 0 Å². The van der Waals surface area contributed by atoms with E-state index >= 15 is 0 Å². The monoisotopic (exact) mass is 342 g/mol. The number of carboxylic acids is 2. The van der Waals surface area contributed by atoms with Crippen molar-refractivity contribution in [1.82, 2.24) is 0 Å². The van der Waals surface area contributed by atoms with Gasteiger partial charge >= 0.3 is 18.1 Å². The van der Waals surface area contributed by atoms with Gasteiger partial charge in [-0.3, -0.25) is 4.79 Å². The van der Waals surface area contributed by atoms with Crippen molar-refractivity contribution in [2.24, 2.45) is 0 Å². The van der Waals surface area contributed by atoms with E-state index in [-0.39, 0.29) is 0 Å². The molecule has 0 unspecified atom stereocenters. The third-order valence-corrected chi connectivity index (χ3v) is 3.24. The van der Waals surface area contributed by atoms with Crippen LogP contribution in [0.15, 0.2) is 0 Å². The Balaban J connectivity index is 0. The van der Waals surface area contributed by atoms with E-state index in [0.29, 0.717) is 6.42 Å². The van der Waals surface area contributed by atoms with Gasteiger partial charge in [-0.15, -0.1) is 0 Å². The zero-order chi connectivity index (χ0) is 18.1. The van der Waals surface area contributed by atoms with Gasteiger partial charge in [0.05, 0.1) is 0 Å². The number of carbonyl (C=O) groups is 2. The summed E-state index contributed by atoms with van der Waals surface area (Å²) >= 11 is 0. The van der Waals surface area contributed by atoms with E-state index in [1.165, 1.54) is 57.8 Å². The number of alkyl halides is 3. The molecular weight excluding hydrogens is 313 g/mol. The second-order valence-electron chi connectivity index (χ2n) is 5.48. The number of rotatable bonds is 12. The fraction of sp³-hybridized carbons (Fsp3) is 0.875. The maximum Gasteiger partial charge on any atom is 0.490 e.